The molecule has 3 aromatic rings. The predicted molar refractivity (Wildman–Crippen MR) is 99.6 cm³/mol. The van der Waals surface area contributed by atoms with Crippen LogP contribution < -0.4 is 5.32 Å². The third-order valence-electron chi connectivity index (χ3n) is 4.93. The summed E-state index contributed by atoms with van der Waals surface area (Å²) in [7, 11) is 0. The Morgan fingerprint density at radius 2 is 1.43 bits per heavy atom. The summed E-state index contributed by atoms with van der Waals surface area (Å²) >= 11 is 0. The van der Waals surface area contributed by atoms with Crippen molar-refractivity contribution in [2.45, 2.75) is 12.0 Å². The second kappa shape index (κ2) is 6.88. The van der Waals surface area contributed by atoms with Gasteiger partial charge in [-0.05, 0) is 47.5 Å². The summed E-state index contributed by atoms with van der Waals surface area (Å²) in [6.45, 7) is 0. The molecule has 2 unspecified atom stereocenters. The number of aromatic carboxylic acids is 1. The fraction of sp³-hybridized carbons (Fsp3) is 0.0909. The molecule has 4 nitrogen and oxygen atoms in total. The number of Topliss-reactive ketones (excluding diaryl/α,β-unsaturated/α-hetero) is 1. The molecule has 6 heteroatoms. The zero-order valence-corrected chi connectivity index (χ0v) is 14.5. The zero-order valence-electron chi connectivity index (χ0n) is 14.5. The Morgan fingerprint density at radius 1 is 0.857 bits per heavy atom. The molecule has 1 aliphatic rings. The number of carbonyl (C=O) groups excluding carboxylic acids is 1. The van der Waals surface area contributed by atoms with Gasteiger partial charge in [0.15, 0.2) is 5.78 Å². The first-order valence-electron chi connectivity index (χ1n) is 8.63. The molecular formula is C22H15F2NO3. The molecule has 0 saturated heterocycles. The van der Waals surface area contributed by atoms with Gasteiger partial charge < -0.3 is 10.4 Å². The molecule has 3 aromatic carbocycles. The number of ketones is 1. The van der Waals surface area contributed by atoms with Gasteiger partial charge in [0.2, 0.25) is 0 Å². The minimum Gasteiger partial charge on any atom is -0.478 e. The van der Waals surface area contributed by atoms with Crippen molar-refractivity contribution in [3.05, 3.63) is 101 Å². The number of anilines is 1. The minimum atomic E-state index is -1.20. The van der Waals surface area contributed by atoms with Crippen LogP contribution in [0.3, 0.4) is 0 Å². The second-order valence-corrected chi connectivity index (χ2v) is 6.60. The Hall–Kier alpha value is -3.54. The highest BCUT2D eigenvalue weighted by Gasteiger charge is 2.39. The molecule has 2 atom stereocenters. The fourth-order valence-electron chi connectivity index (χ4n) is 3.63. The Balaban J connectivity index is 1.90. The molecule has 140 valence electrons. The first-order valence-corrected chi connectivity index (χ1v) is 8.63. The summed E-state index contributed by atoms with van der Waals surface area (Å²) in [5.41, 5.74) is 1.59. The lowest BCUT2D eigenvalue weighted by Gasteiger charge is -2.35. The standard InChI is InChI=1S/C22H15F2NO3/c23-14-8-4-12(5-9-14)18-20(13-6-10-15(24)11-7-13)25-17-3-1-2-16(22(27)28)19(17)21(18)26/h1-11,18,20,25H,(H,27,28). The molecule has 28 heavy (non-hydrogen) atoms. The lowest BCUT2D eigenvalue weighted by Crippen LogP contribution is -2.33. The van der Waals surface area contributed by atoms with Gasteiger partial charge in [-0.25, -0.2) is 13.6 Å². The molecule has 0 radical (unpaired) electrons. The van der Waals surface area contributed by atoms with Gasteiger partial charge in [0.25, 0.3) is 0 Å². The number of carboxylic acids is 1. The molecule has 0 bridgehead atoms. The lowest BCUT2D eigenvalue weighted by atomic mass is 9.77. The van der Waals surface area contributed by atoms with Crippen molar-refractivity contribution in [2.75, 3.05) is 5.32 Å². The van der Waals surface area contributed by atoms with E-state index in [4.69, 9.17) is 0 Å². The molecule has 0 fully saturated rings. The molecule has 0 amide bonds. The average molecular weight is 379 g/mol. The monoisotopic (exact) mass is 379 g/mol. The van der Waals surface area contributed by atoms with Crippen LogP contribution in [-0.4, -0.2) is 16.9 Å². The maximum absolute atomic E-state index is 13.4. The quantitative estimate of drug-likeness (QED) is 0.686. The normalized spacial score (nSPS) is 18.3. The number of carbonyl (C=O) groups is 2. The number of fused-ring (bicyclic) bond motifs is 1. The average Bonchev–Trinajstić information content (AvgIpc) is 2.69. The number of rotatable bonds is 3. The fourth-order valence-corrected chi connectivity index (χ4v) is 3.63. The molecular weight excluding hydrogens is 364 g/mol. The summed E-state index contributed by atoms with van der Waals surface area (Å²) in [6, 6.07) is 15.3. The molecule has 1 heterocycles. The van der Waals surface area contributed by atoms with Crippen molar-refractivity contribution in [1.82, 2.24) is 0 Å². The van der Waals surface area contributed by atoms with Crippen molar-refractivity contribution >= 4 is 17.4 Å². The SMILES string of the molecule is O=C(O)c1cccc2c1C(=O)C(c1ccc(F)cc1)C(c1ccc(F)cc1)N2. The number of carboxylic acid groups (broad SMARTS) is 1. The smallest absolute Gasteiger partial charge is 0.336 e. The highest BCUT2D eigenvalue weighted by Crippen LogP contribution is 2.43. The van der Waals surface area contributed by atoms with Crippen LogP contribution in [0.4, 0.5) is 14.5 Å². The van der Waals surface area contributed by atoms with Crippen molar-refractivity contribution in [3.8, 4) is 0 Å². The molecule has 0 aromatic heterocycles. The maximum Gasteiger partial charge on any atom is 0.336 e. The minimum absolute atomic E-state index is 0.0858. The van der Waals surface area contributed by atoms with E-state index in [2.05, 4.69) is 5.32 Å². The third-order valence-corrected chi connectivity index (χ3v) is 4.93. The molecule has 0 aliphatic carbocycles. The van der Waals surface area contributed by atoms with E-state index < -0.39 is 29.6 Å². The Labute approximate surface area is 159 Å². The van der Waals surface area contributed by atoms with E-state index in [-0.39, 0.29) is 16.9 Å². The van der Waals surface area contributed by atoms with Crippen LogP contribution in [0.2, 0.25) is 0 Å². The number of hydrogen-bond donors (Lipinski definition) is 2. The van der Waals surface area contributed by atoms with Gasteiger partial charge in [-0.3, -0.25) is 4.79 Å². The van der Waals surface area contributed by atoms with Crippen molar-refractivity contribution in [2.24, 2.45) is 0 Å². The Bertz CT molecular complexity index is 1060. The largest absolute Gasteiger partial charge is 0.478 e. The summed E-state index contributed by atoms with van der Waals surface area (Å²) in [6.07, 6.45) is 0. The summed E-state index contributed by atoms with van der Waals surface area (Å²) in [5, 5.41) is 12.7. The second-order valence-electron chi connectivity index (χ2n) is 6.60. The first-order chi connectivity index (χ1) is 13.5. The third kappa shape index (κ3) is 3.03. The van der Waals surface area contributed by atoms with E-state index in [1.54, 1.807) is 24.3 Å². The molecule has 2 N–H and O–H groups in total. The highest BCUT2D eigenvalue weighted by atomic mass is 19.1. The van der Waals surface area contributed by atoms with E-state index in [0.29, 0.717) is 16.8 Å². The predicted octanol–water partition coefficient (Wildman–Crippen LogP) is 4.80. The summed E-state index contributed by atoms with van der Waals surface area (Å²) < 4.78 is 26.8. The molecule has 1 aliphatic heterocycles. The van der Waals surface area contributed by atoms with Crippen LogP contribution in [0, 0.1) is 11.6 Å². The van der Waals surface area contributed by atoms with Gasteiger partial charge in [-0.1, -0.05) is 30.3 Å². The Morgan fingerprint density at radius 3 is 2.00 bits per heavy atom. The van der Waals surface area contributed by atoms with E-state index in [9.17, 15) is 23.5 Å². The van der Waals surface area contributed by atoms with E-state index in [0.717, 1.165) is 0 Å². The number of halogens is 2. The van der Waals surface area contributed by atoms with Gasteiger partial charge in [-0.15, -0.1) is 0 Å². The molecule has 0 saturated carbocycles. The lowest BCUT2D eigenvalue weighted by molar-refractivity contribution is 0.0690. The van der Waals surface area contributed by atoms with Crippen LogP contribution in [-0.2, 0) is 0 Å². The molecule has 0 spiro atoms. The summed E-state index contributed by atoms with van der Waals surface area (Å²) in [4.78, 5) is 25.0. The van der Waals surface area contributed by atoms with Crippen molar-refractivity contribution in [1.29, 1.82) is 0 Å². The van der Waals surface area contributed by atoms with Gasteiger partial charge in [0.1, 0.15) is 11.6 Å². The summed E-state index contributed by atoms with van der Waals surface area (Å²) in [5.74, 6) is -3.22. The van der Waals surface area contributed by atoms with Crippen LogP contribution in [0.25, 0.3) is 0 Å². The van der Waals surface area contributed by atoms with E-state index >= 15 is 0 Å². The maximum atomic E-state index is 13.4. The topological polar surface area (TPSA) is 66.4 Å². The van der Waals surface area contributed by atoms with Gasteiger partial charge >= 0.3 is 5.97 Å². The van der Waals surface area contributed by atoms with Crippen LogP contribution >= 0.6 is 0 Å². The van der Waals surface area contributed by atoms with Gasteiger partial charge in [0, 0.05) is 5.69 Å². The van der Waals surface area contributed by atoms with E-state index in [1.165, 1.54) is 42.5 Å². The number of benzene rings is 3. The number of nitrogens with one attached hydrogen (secondary N) is 1. The molecule has 4 rings (SSSR count). The zero-order chi connectivity index (χ0) is 19.8. The van der Waals surface area contributed by atoms with Crippen LogP contribution in [0.15, 0.2) is 66.7 Å². The van der Waals surface area contributed by atoms with E-state index in [1.807, 2.05) is 0 Å². The van der Waals surface area contributed by atoms with Crippen LogP contribution in [0.1, 0.15) is 43.8 Å². The van der Waals surface area contributed by atoms with Crippen LogP contribution in [0.5, 0.6) is 0 Å². The van der Waals surface area contributed by atoms with Gasteiger partial charge in [0.05, 0.1) is 23.1 Å². The highest BCUT2D eigenvalue weighted by molar-refractivity contribution is 6.14. The number of hydrogen-bond acceptors (Lipinski definition) is 3. The van der Waals surface area contributed by atoms with Gasteiger partial charge in [-0.2, -0.15) is 0 Å². The van der Waals surface area contributed by atoms with Crippen molar-refractivity contribution < 1.29 is 23.5 Å². The first kappa shape index (κ1) is 17.9. The Kier molecular flexibility index (Phi) is 4.39. The van der Waals surface area contributed by atoms with Crippen molar-refractivity contribution in [3.63, 3.8) is 0 Å².